The van der Waals surface area contributed by atoms with E-state index in [0.717, 1.165) is 116 Å². The van der Waals surface area contributed by atoms with Gasteiger partial charge in [-0.15, -0.1) is 0 Å². The minimum absolute atomic E-state index is 0.483. The lowest BCUT2D eigenvalue weighted by atomic mass is 9.94. The Balaban J connectivity index is 1.03. The average molecular weight is 1250 g/mol. The van der Waals surface area contributed by atoms with Crippen LogP contribution in [0, 0.1) is 62.0 Å². The van der Waals surface area contributed by atoms with Gasteiger partial charge in [0, 0.05) is 71.6 Å². The van der Waals surface area contributed by atoms with Crippen LogP contribution in [0.15, 0.2) is 194 Å². The van der Waals surface area contributed by atoms with Crippen LogP contribution in [0.25, 0.3) is 162 Å². The van der Waals surface area contributed by atoms with Crippen molar-refractivity contribution in [1.29, 1.82) is 0 Å². The van der Waals surface area contributed by atoms with Crippen molar-refractivity contribution < 1.29 is 0 Å². The van der Waals surface area contributed by atoms with Crippen molar-refractivity contribution in [3.05, 3.63) is 252 Å². The number of fused-ring (bicyclic) bond motifs is 6. The van der Waals surface area contributed by atoms with E-state index in [9.17, 15) is 0 Å². The Morgan fingerprint density at radius 1 is 0.240 bits per heavy atom. The van der Waals surface area contributed by atoms with E-state index >= 15 is 0 Å². The van der Waals surface area contributed by atoms with Crippen LogP contribution in [-0.2, 0) is 0 Å². The maximum Gasteiger partial charge on any atom is 0.187 e. The van der Waals surface area contributed by atoms with E-state index in [-0.39, 0.29) is 0 Å². The van der Waals surface area contributed by atoms with Gasteiger partial charge >= 0.3 is 0 Å². The topological polar surface area (TPSA) is 208 Å². The summed E-state index contributed by atoms with van der Waals surface area (Å²) in [6.07, 6.45) is 0. The highest BCUT2D eigenvalue weighted by Crippen LogP contribution is 2.46. The zero-order valence-corrected chi connectivity index (χ0v) is 53.5. The minimum Gasteiger partial charge on any atom is -0.309 e. The summed E-state index contributed by atoms with van der Waals surface area (Å²) in [6, 6.07) is 66.4. The molecule has 0 aliphatic heterocycles. The van der Waals surface area contributed by atoms with Gasteiger partial charge in [0.15, 0.2) is 46.5 Å². The molecule has 0 bridgehead atoms. The molecule has 0 saturated carbocycles. The molecule has 16 rings (SSSR count). The SMILES string of the molecule is [C-]#[N+]c1cccc(-c2ccc(-c3cc(-c4nc(-c5ccccc5)nc(-c5ccccc5)n4)ccc3-n3c4ccc(-c5nc(C)nc(C)n5)cc4c4cc(-c5nc(C)nc(C)n5)ccc43)c(-n3c4ccc(-c5nc(C)nc(C)n5)cc4c4cc(-c5nc(C)nc(C)n5)ccc43)c2)c1. The highest BCUT2D eigenvalue weighted by molar-refractivity contribution is 6.14. The molecule has 7 heterocycles. The molecule has 0 radical (unpaired) electrons. The van der Waals surface area contributed by atoms with E-state index in [1.165, 1.54) is 0 Å². The number of hydrogen-bond acceptors (Lipinski definition) is 15. The van der Waals surface area contributed by atoms with Gasteiger partial charge in [0.25, 0.3) is 0 Å². The highest BCUT2D eigenvalue weighted by Gasteiger charge is 2.26. The predicted octanol–water partition coefficient (Wildman–Crippen LogP) is 16.8. The van der Waals surface area contributed by atoms with E-state index in [1.807, 2.05) is 134 Å². The zero-order chi connectivity index (χ0) is 65.5. The number of nitrogens with zero attached hydrogens (tertiary/aromatic N) is 18. The van der Waals surface area contributed by atoms with Crippen molar-refractivity contribution >= 4 is 49.3 Å². The molecule has 0 N–H and O–H groups in total. The Bertz CT molecular complexity index is 5560. The van der Waals surface area contributed by atoms with E-state index < -0.39 is 0 Å². The van der Waals surface area contributed by atoms with Crippen molar-refractivity contribution in [3.63, 3.8) is 0 Å². The largest absolute Gasteiger partial charge is 0.309 e. The van der Waals surface area contributed by atoms with Gasteiger partial charge < -0.3 is 9.13 Å². The number of rotatable bonds is 11. The van der Waals surface area contributed by atoms with Gasteiger partial charge in [-0.05, 0) is 170 Å². The maximum absolute atomic E-state index is 8.12. The highest BCUT2D eigenvalue weighted by atomic mass is 15.1. The summed E-state index contributed by atoms with van der Waals surface area (Å²) < 4.78 is 4.67. The molecule has 7 aromatic heterocycles. The van der Waals surface area contributed by atoms with Crippen LogP contribution in [0.3, 0.4) is 0 Å². The quantitative estimate of drug-likeness (QED) is 0.110. The van der Waals surface area contributed by atoms with Gasteiger partial charge in [-0.3, -0.25) is 0 Å². The smallest absolute Gasteiger partial charge is 0.187 e. The van der Waals surface area contributed by atoms with Crippen LogP contribution >= 0.6 is 0 Å². The molecule has 458 valence electrons. The van der Waals surface area contributed by atoms with E-state index in [1.54, 1.807) is 0 Å². The lowest BCUT2D eigenvalue weighted by Crippen LogP contribution is -2.04. The van der Waals surface area contributed by atoms with Crippen molar-refractivity contribution in [2.24, 2.45) is 0 Å². The van der Waals surface area contributed by atoms with Gasteiger partial charge in [-0.1, -0.05) is 91.0 Å². The summed E-state index contributed by atoms with van der Waals surface area (Å²) >= 11 is 0. The molecule has 0 aliphatic carbocycles. The monoisotopic (exact) mass is 1240 g/mol. The second-order valence-corrected chi connectivity index (χ2v) is 23.8. The second kappa shape index (κ2) is 23.4. The molecule has 16 aromatic rings. The predicted molar refractivity (Wildman–Crippen MR) is 375 cm³/mol. The summed E-state index contributed by atoms with van der Waals surface area (Å²) in [4.78, 5) is 76.6. The van der Waals surface area contributed by atoms with E-state index in [4.69, 9.17) is 61.4 Å². The van der Waals surface area contributed by atoms with Crippen molar-refractivity contribution in [3.8, 4) is 113 Å². The third kappa shape index (κ3) is 10.7. The normalized spacial score (nSPS) is 11.5. The molecule has 0 atom stereocenters. The summed E-state index contributed by atoms with van der Waals surface area (Å²) in [5.74, 6) is 8.84. The first-order valence-corrected chi connectivity index (χ1v) is 31.3. The molecule has 18 nitrogen and oxygen atoms in total. The lowest BCUT2D eigenvalue weighted by molar-refractivity contribution is 0.928. The first-order valence-electron chi connectivity index (χ1n) is 31.3. The Morgan fingerprint density at radius 2 is 0.552 bits per heavy atom. The third-order valence-corrected chi connectivity index (χ3v) is 17.0. The summed E-state index contributed by atoms with van der Waals surface area (Å²) in [5, 5.41) is 3.78. The molecule has 0 fully saturated rings. The molecular formula is C78H56N18. The molecule has 0 saturated heterocycles. The minimum atomic E-state index is 0.483. The number of aryl methyl sites for hydroxylation is 8. The van der Waals surface area contributed by atoms with E-state index in [0.29, 0.717) is 93.1 Å². The lowest BCUT2D eigenvalue weighted by Gasteiger charge is -2.21. The zero-order valence-electron chi connectivity index (χ0n) is 53.5. The first kappa shape index (κ1) is 58.2. The standard InChI is InChI=1S/C78H56N18/c1-42-80-43(2)85-74(84-42)54-24-31-67-62(37-54)63-38-55(75-86-44(3)81-45(4)87-75)25-32-68(63)95(67)66-30-28-58(78-93-72(50-17-12-10-13-18-50)92-73(94-78)51-19-14-11-15-20-51)36-61(66)60-29-23-53(52-21-16-22-59(35-52)79-9)41-71(60)96-69-33-26-56(76-88-46(5)82-47(6)89-76)39-64(69)65-40-57(27-34-70(65)96)77-90-48(7)83-49(8)91-77/h10-41H,1-8H3. The third-order valence-electron chi connectivity index (χ3n) is 17.0. The van der Waals surface area contributed by atoms with Crippen LogP contribution < -0.4 is 0 Å². The molecule has 0 spiro atoms. The Morgan fingerprint density at radius 3 is 0.938 bits per heavy atom. The summed E-state index contributed by atoms with van der Waals surface area (Å²) in [5.41, 5.74) is 15.1. The van der Waals surface area contributed by atoms with Gasteiger partial charge in [0.1, 0.15) is 46.6 Å². The van der Waals surface area contributed by atoms with Gasteiger partial charge in [-0.25, -0.2) is 79.6 Å². The molecule has 0 unspecified atom stereocenters. The fourth-order valence-electron chi connectivity index (χ4n) is 13.0. The maximum atomic E-state index is 8.12. The average Bonchev–Trinajstić information content (AvgIpc) is 1.57. The molecule has 18 heteroatoms. The second-order valence-electron chi connectivity index (χ2n) is 23.8. The fourth-order valence-corrected chi connectivity index (χ4v) is 13.0. The molecule has 0 aliphatic rings. The molecule has 9 aromatic carbocycles. The molecule has 96 heavy (non-hydrogen) atoms. The van der Waals surface area contributed by atoms with Gasteiger partial charge in [-0.2, -0.15) is 0 Å². The molecular weight excluding hydrogens is 1190 g/mol. The Kier molecular flexibility index (Phi) is 14.2. The van der Waals surface area contributed by atoms with Gasteiger partial charge in [0.2, 0.25) is 0 Å². The molecule has 0 amide bonds. The Labute approximate surface area is 551 Å². The Hall–Kier alpha value is -12.9. The van der Waals surface area contributed by atoms with Gasteiger partial charge in [0.05, 0.1) is 40.0 Å². The first-order chi connectivity index (χ1) is 46.7. The fraction of sp³-hybridized carbons (Fsp3) is 0.103. The van der Waals surface area contributed by atoms with Crippen molar-refractivity contribution in [2.45, 2.75) is 55.4 Å². The van der Waals surface area contributed by atoms with Crippen molar-refractivity contribution in [1.82, 2.24) is 83.9 Å². The van der Waals surface area contributed by atoms with Crippen LogP contribution in [0.1, 0.15) is 46.6 Å². The number of hydrogen-bond donors (Lipinski definition) is 0. The number of aromatic nitrogens is 17. The van der Waals surface area contributed by atoms with Crippen molar-refractivity contribution in [2.75, 3.05) is 0 Å². The van der Waals surface area contributed by atoms with Crippen LogP contribution in [-0.4, -0.2) is 83.9 Å². The number of benzene rings is 9. The summed E-state index contributed by atoms with van der Waals surface area (Å²) in [7, 11) is 0. The van der Waals surface area contributed by atoms with E-state index in [2.05, 4.69) is 149 Å². The van der Waals surface area contributed by atoms with Crippen LogP contribution in [0.2, 0.25) is 0 Å². The van der Waals surface area contributed by atoms with Crippen LogP contribution in [0.5, 0.6) is 0 Å². The summed E-state index contributed by atoms with van der Waals surface area (Å²) in [6.45, 7) is 23.2. The van der Waals surface area contributed by atoms with Crippen LogP contribution in [0.4, 0.5) is 5.69 Å².